The topological polar surface area (TPSA) is 61.6 Å². The molecule has 1 aromatic carbocycles. The highest BCUT2D eigenvalue weighted by Gasteiger charge is 2.34. The van der Waals surface area contributed by atoms with Gasteiger partial charge in [-0.3, -0.25) is 10.1 Å². The largest absolute Gasteiger partial charge is 0.493 e. The lowest BCUT2D eigenvalue weighted by molar-refractivity contribution is -0.385. The van der Waals surface area contributed by atoms with E-state index in [9.17, 15) is 10.1 Å². The molecule has 1 unspecified atom stereocenters. The molecular formula is C11H12Br3NO4. The van der Waals surface area contributed by atoms with Crippen LogP contribution in [0.4, 0.5) is 5.69 Å². The minimum Gasteiger partial charge on any atom is -0.493 e. The van der Waals surface area contributed by atoms with Gasteiger partial charge in [-0.15, -0.1) is 0 Å². The van der Waals surface area contributed by atoms with Gasteiger partial charge in [0, 0.05) is 11.5 Å². The van der Waals surface area contributed by atoms with E-state index in [0.717, 1.165) is 0 Å². The molecule has 0 aliphatic rings. The zero-order valence-electron chi connectivity index (χ0n) is 10.4. The van der Waals surface area contributed by atoms with Gasteiger partial charge in [-0.2, -0.15) is 0 Å². The molecule has 5 nitrogen and oxygen atoms in total. The molecule has 1 atom stereocenters. The number of hydrogen-bond donors (Lipinski definition) is 0. The molecule has 0 aromatic heterocycles. The van der Waals surface area contributed by atoms with E-state index in [4.69, 9.17) is 9.47 Å². The Hall–Kier alpha value is -0.340. The highest BCUT2D eigenvalue weighted by molar-refractivity contribution is 9.39. The van der Waals surface area contributed by atoms with Gasteiger partial charge in [0.15, 0.2) is 11.5 Å². The van der Waals surface area contributed by atoms with E-state index >= 15 is 0 Å². The van der Waals surface area contributed by atoms with Gasteiger partial charge < -0.3 is 9.47 Å². The molecule has 0 heterocycles. The molecule has 0 bridgehead atoms. The fraction of sp³-hybridized carbons (Fsp3) is 0.455. The maximum atomic E-state index is 11.2. The first-order valence-electron chi connectivity index (χ1n) is 5.19. The van der Waals surface area contributed by atoms with E-state index in [0.29, 0.717) is 17.1 Å². The number of hydrogen-bond acceptors (Lipinski definition) is 4. The second-order valence-electron chi connectivity index (χ2n) is 3.79. The Bertz CT molecular complexity index is 488. The molecule has 1 rings (SSSR count). The van der Waals surface area contributed by atoms with Crippen LogP contribution in [-0.4, -0.2) is 21.3 Å². The molecule has 0 saturated heterocycles. The first-order valence-corrected chi connectivity index (χ1v) is 7.57. The van der Waals surface area contributed by atoms with Gasteiger partial charge in [0.1, 0.15) is 2.14 Å². The second kappa shape index (κ2) is 6.41. The summed E-state index contributed by atoms with van der Waals surface area (Å²) in [4.78, 5) is 10.7. The highest BCUT2D eigenvalue weighted by Crippen LogP contribution is 2.50. The molecule has 0 aliphatic heterocycles. The van der Waals surface area contributed by atoms with Crippen molar-refractivity contribution >= 4 is 53.5 Å². The summed E-state index contributed by atoms with van der Waals surface area (Å²) < 4.78 is 9.62. The Morgan fingerprint density at radius 2 is 1.68 bits per heavy atom. The molecule has 0 fully saturated rings. The van der Waals surface area contributed by atoms with E-state index < -0.39 is 7.07 Å². The molecule has 0 aliphatic carbocycles. The van der Waals surface area contributed by atoms with Gasteiger partial charge in [0.25, 0.3) is 5.69 Å². The van der Waals surface area contributed by atoms with Crippen molar-refractivity contribution in [3.63, 3.8) is 0 Å². The van der Waals surface area contributed by atoms with Crippen molar-refractivity contribution in [3.8, 4) is 11.5 Å². The molecule has 1 aromatic rings. The van der Waals surface area contributed by atoms with Crippen molar-refractivity contribution in [2.75, 3.05) is 14.2 Å². The summed E-state index contributed by atoms with van der Waals surface area (Å²) in [6, 6.07) is 2.98. The summed E-state index contributed by atoms with van der Waals surface area (Å²) >= 11 is 10.2. The van der Waals surface area contributed by atoms with Crippen LogP contribution in [0.2, 0.25) is 0 Å². The van der Waals surface area contributed by atoms with Crippen molar-refractivity contribution in [3.05, 3.63) is 27.8 Å². The Labute approximate surface area is 136 Å². The van der Waals surface area contributed by atoms with Crippen LogP contribution in [0.25, 0.3) is 0 Å². The van der Waals surface area contributed by atoms with E-state index in [1.807, 2.05) is 6.92 Å². The third-order valence-corrected chi connectivity index (χ3v) is 4.75. The summed E-state index contributed by atoms with van der Waals surface area (Å²) in [5.41, 5.74) is 0.501. The van der Waals surface area contributed by atoms with Gasteiger partial charge in [0.2, 0.25) is 0 Å². The smallest absolute Gasteiger partial charge is 0.276 e. The zero-order valence-corrected chi connectivity index (χ0v) is 15.2. The van der Waals surface area contributed by atoms with Crippen molar-refractivity contribution < 1.29 is 14.4 Å². The van der Waals surface area contributed by atoms with Gasteiger partial charge in [-0.25, -0.2) is 0 Å². The van der Waals surface area contributed by atoms with Gasteiger partial charge in [-0.1, -0.05) is 54.7 Å². The number of nitro groups is 1. The van der Waals surface area contributed by atoms with E-state index in [2.05, 4.69) is 47.8 Å². The zero-order chi connectivity index (χ0) is 14.8. The average Bonchev–Trinajstić information content (AvgIpc) is 2.34. The maximum Gasteiger partial charge on any atom is 0.276 e. The number of nitro benzene ring substituents is 1. The minimum absolute atomic E-state index is 0.0205. The predicted molar refractivity (Wildman–Crippen MR) is 84.1 cm³/mol. The minimum atomic E-state index is -0.642. The number of nitrogens with zero attached hydrogens (tertiary/aromatic N) is 1. The first kappa shape index (κ1) is 16.7. The summed E-state index contributed by atoms with van der Waals surface area (Å²) in [6.45, 7) is 1.84. The molecule has 19 heavy (non-hydrogen) atoms. The molecule has 106 valence electrons. The molecular weight excluding hydrogens is 450 g/mol. The van der Waals surface area contributed by atoms with E-state index in [1.165, 1.54) is 20.3 Å². The van der Waals surface area contributed by atoms with Crippen LogP contribution in [-0.2, 0) is 0 Å². The van der Waals surface area contributed by atoms with Gasteiger partial charge in [-0.05, 0) is 6.07 Å². The third-order valence-electron chi connectivity index (χ3n) is 2.69. The summed E-state index contributed by atoms with van der Waals surface area (Å²) in [7, 11) is 2.93. The molecule has 0 saturated carbocycles. The first-order chi connectivity index (χ1) is 8.72. The Morgan fingerprint density at radius 3 is 2.05 bits per heavy atom. The number of alkyl halides is 3. The van der Waals surface area contributed by atoms with Crippen molar-refractivity contribution in [1.82, 2.24) is 0 Å². The molecule has 0 amide bonds. The van der Waals surface area contributed by atoms with Crippen LogP contribution in [0.3, 0.4) is 0 Å². The van der Waals surface area contributed by atoms with Crippen molar-refractivity contribution in [2.24, 2.45) is 0 Å². The third kappa shape index (κ3) is 3.82. The lowest BCUT2D eigenvalue weighted by Crippen LogP contribution is -2.14. The number of benzene rings is 1. The number of ether oxygens (including phenoxy) is 2. The number of halogens is 3. The maximum absolute atomic E-state index is 11.2. The summed E-state index contributed by atoms with van der Waals surface area (Å²) in [5.74, 6) is 0.550. The Kier molecular flexibility index (Phi) is 5.64. The number of methoxy groups -OCH3 is 2. The fourth-order valence-corrected chi connectivity index (χ4v) is 2.31. The second-order valence-corrected chi connectivity index (χ2v) is 10.7. The lowest BCUT2D eigenvalue weighted by Gasteiger charge is -2.22. The standard InChI is InChI=1S/C11H12Br3NO4/c1-6(11(12,13)14)7-4-9(18-2)10(19-3)5-8(7)15(16)17/h4-6H,1-3H3. The van der Waals surface area contributed by atoms with E-state index in [1.54, 1.807) is 6.07 Å². The van der Waals surface area contributed by atoms with Crippen LogP contribution < -0.4 is 9.47 Å². The van der Waals surface area contributed by atoms with E-state index in [-0.39, 0.29) is 11.6 Å². The lowest BCUT2D eigenvalue weighted by atomic mass is 10.0. The van der Waals surface area contributed by atoms with Gasteiger partial charge >= 0.3 is 0 Å². The Balaban J connectivity index is 3.48. The molecule has 8 heteroatoms. The average molecular weight is 462 g/mol. The highest BCUT2D eigenvalue weighted by atomic mass is 80.0. The summed E-state index contributed by atoms with van der Waals surface area (Å²) in [6.07, 6.45) is 0. The normalized spacial score (nSPS) is 12.9. The Morgan fingerprint density at radius 1 is 1.21 bits per heavy atom. The summed E-state index contributed by atoms with van der Waals surface area (Å²) in [5, 5.41) is 11.2. The molecule has 0 spiro atoms. The number of rotatable bonds is 4. The van der Waals surface area contributed by atoms with Crippen LogP contribution in [0.15, 0.2) is 12.1 Å². The SMILES string of the molecule is COc1cc(C(C)C(Br)(Br)Br)c([N+](=O)[O-])cc1OC. The van der Waals surface area contributed by atoms with Crippen molar-refractivity contribution in [2.45, 2.75) is 15.0 Å². The quantitative estimate of drug-likeness (QED) is 0.375. The fourth-order valence-electron chi connectivity index (χ4n) is 1.57. The van der Waals surface area contributed by atoms with Gasteiger partial charge in [0.05, 0.1) is 25.2 Å². The van der Waals surface area contributed by atoms with Crippen LogP contribution >= 0.6 is 47.8 Å². The van der Waals surface area contributed by atoms with Crippen LogP contribution in [0, 0.1) is 10.1 Å². The van der Waals surface area contributed by atoms with Crippen LogP contribution in [0.5, 0.6) is 11.5 Å². The van der Waals surface area contributed by atoms with Crippen LogP contribution in [0.1, 0.15) is 18.4 Å². The predicted octanol–water partition coefficient (Wildman–Crippen LogP) is 4.55. The van der Waals surface area contributed by atoms with Crippen molar-refractivity contribution in [1.29, 1.82) is 0 Å². The monoisotopic (exact) mass is 459 g/mol. The molecule has 0 N–H and O–H groups in total. The molecule has 0 radical (unpaired) electrons.